The zero-order valence-electron chi connectivity index (χ0n) is 29.2. The lowest BCUT2D eigenvalue weighted by Crippen LogP contribution is -2.14. The standard InChI is InChI=1S/C36H70O7/c1-7-13-19-21-23-33(40-25-15-9-3)35(42-27-17-11-5)29-37-31-39-32-38-30-36(43-28-18-12-6)34(41-26-16-10-4)24-22-20-14-8-2/h7-32H2,1-6H3. The lowest BCUT2D eigenvalue weighted by atomic mass is 10.1. The average Bonchev–Trinajstić information content (AvgIpc) is 3.01. The fourth-order valence-electron chi connectivity index (χ4n) is 4.19. The van der Waals surface area contributed by atoms with Gasteiger partial charge in [0.2, 0.25) is 0 Å². The van der Waals surface area contributed by atoms with Crippen molar-refractivity contribution in [3.05, 3.63) is 23.0 Å². The molecule has 7 heteroatoms. The van der Waals surface area contributed by atoms with E-state index < -0.39 is 0 Å². The van der Waals surface area contributed by atoms with E-state index in [0.29, 0.717) is 39.6 Å². The number of allylic oxidation sites excluding steroid dienone is 2. The Morgan fingerprint density at radius 3 is 0.977 bits per heavy atom. The number of hydrogen-bond donors (Lipinski definition) is 0. The van der Waals surface area contributed by atoms with Gasteiger partial charge in [-0.3, -0.25) is 0 Å². The second-order valence-electron chi connectivity index (χ2n) is 11.3. The molecule has 0 fully saturated rings. The van der Waals surface area contributed by atoms with Crippen LogP contribution in [0.1, 0.15) is 157 Å². The SMILES string of the molecule is CCCCCCC(OCCCC)=C(COCOCOCC(OCCCC)=C(CCCCCC)OCCCC)OCCCC. The van der Waals surface area contributed by atoms with Crippen molar-refractivity contribution in [3.8, 4) is 0 Å². The number of hydrogen-bond acceptors (Lipinski definition) is 7. The first-order chi connectivity index (χ1) is 21.2. The van der Waals surface area contributed by atoms with Crippen LogP contribution in [0.5, 0.6) is 0 Å². The van der Waals surface area contributed by atoms with Crippen LogP contribution in [0.25, 0.3) is 0 Å². The van der Waals surface area contributed by atoms with Gasteiger partial charge in [-0.1, -0.05) is 106 Å². The van der Waals surface area contributed by atoms with Crippen LogP contribution in [0.2, 0.25) is 0 Å². The minimum Gasteiger partial charge on any atom is -0.494 e. The highest BCUT2D eigenvalue weighted by atomic mass is 16.7. The molecule has 7 nitrogen and oxygen atoms in total. The van der Waals surface area contributed by atoms with E-state index in [1.807, 2.05) is 0 Å². The molecule has 0 radical (unpaired) electrons. The highest BCUT2D eigenvalue weighted by Gasteiger charge is 2.13. The lowest BCUT2D eigenvalue weighted by molar-refractivity contribution is -0.132. The molecule has 0 bridgehead atoms. The van der Waals surface area contributed by atoms with Gasteiger partial charge in [0.15, 0.2) is 11.5 Å². The van der Waals surface area contributed by atoms with E-state index in [1.54, 1.807) is 0 Å². The zero-order valence-corrected chi connectivity index (χ0v) is 29.2. The summed E-state index contributed by atoms with van der Waals surface area (Å²) < 4.78 is 42.2. The molecule has 0 aromatic carbocycles. The molecule has 0 saturated heterocycles. The quantitative estimate of drug-likeness (QED) is 0.0406. The summed E-state index contributed by atoms with van der Waals surface area (Å²) in [6.07, 6.45) is 19.7. The molecule has 0 N–H and O–H groups in total. The molecule has 0 amide bonds. The number of ether oxygens (including phenoxy) is 7. The zero-order chi connectivity index (χ0) is 31.6. The van der Waals surface area contributed by atoms with Crippen molar-refractivity contribution in [1.29, 1.82) is 0 Å². The Bertz CT molecular complexity index is 594. The largest absolute Gasteiger partial charge is 0.494 e. The van der Waals surface area contributed by atoms with Crippen molar-refractivity contribution in [3.63, 3.8) is 0 Å². The normalized spacial score (nSPS) is 12.6. The molecule has 0 aliphatic carbocycles. The third-order valence-corrected chi connectivity index (χ3v) is 7.03. The molecule has 0 aliphatic rings. The monoisotopic (exact) mass is 615 g/mol. The molecule has 0 atom stereocenters. The van der Waals surface area contributed by atoms with E-state index in [1.165, 1.54) is 38.5 Å². The van der Waals surface area contributed by atoms with Gasteiger partial charge in [-0.25, -0.2) is 0 Å². The molecule has 0 spiro atoms. The predicted octanol–water partition coefficient (Wildman–Crippen LogP) is 10.6. The predicted molar refractivity (Wildman–Crippen MR) is 178 cm³/mol. The third-order valence-electron chi connectivity index (χ3n) is 7.03. The van der Waals surface area contributed by atoms with Gasteiger partial charge < -0.3 is 33.2 Å². The van der Waals surface area contributed by atoms with Gasteiger partial charge in [-0.2, -0.15) is 0 Å². The average molecular weight is 615 g/mol. The number of rotatable bonds is 34. The van der Waals surface area contributed by atoms with Crippen LogP contribution in [0.15, 0.2) is 23.0 Å². The summed E-state index contributed by atoms with van der Waals surface area (Å²) in [6.45, 7) is 16.8. The summed E-state index contributed by atoms with van der Waals surface area (Å²) in [5.74, 6) is 3.48. The summed E-state index contributed by atoms with van der Waals surface area (Å²) in [4.78, 5) is 0. The molecule has 0 aliphatic heterocycles. The van der Waals surface area contributed by atoms with Crippen LogP contribution in [0.3, 0.4) is 0 Å². The van der Waals surface area contributed by atoms with E-state index in [-0.39, 0.29) is 13.6 Å². The lowest BCUT2D eigenvalue weighted by Gasteiger charge is -2.19. The van der Waals surface area contributed by atoms with Crippen molar-refractivity contribution in [2.75, 3.05) is 53.2 Å². The Kier molecular flexibility index (Phi) is 32.3. The Labute approximate surface area is 266 Å². The Balaban J connectivity index is 5.07. The van der Waals surface area contributed by atoms with E-state index in [9.17, 15) is 0 Å². The highest BCUT2D eigenvalue weighted by Crippen LogP contribution is 2.20. The fourth-order valence-corrected chi connectivity index (χ4v) is 4.19. The molecule has 256 valence electrons. The van der Waals surface area contributed by atoms with Crippen molar-refractivity contribution in [2.45, 2.75) is 157 Å². The second-order valence-corrected chi connectivity index (χ2v) is 11.3. The first-order valence-corrected chi connectivity index (χ1v) is 17.9. The van der Waals surface area contributed by atoms with E-state index in [0.717, 1.165) is 100 Å². The molecule has 43 heavy (non-hydrogen) atoms. The molecule has 0 heterocycles. The van der Waals surface area contributed by atoms with Crippen LogP contribution in [0.4, 0.5) is 0 Å². The van der Waals surface area contributed by atoms with Gasteiger partial charge in [0.05, 0.1) is 26.4 Å². The van der Waals surface area contributed by atoms with Gasteiger partial charge in [-0.05, 0) is 38.5 Å². The summed E-state index contributed by atoms with van der Waals surface area (Å²) in [6, 6.07) is 0. The van der Waals surface area contributed by atoms with Gasteiger partial charge >= 0.3 is 0 Å². The molecular formula is C36H70O7. The maximum absolute atomic E-state index is 6.19. The van der Waals surface area contributed by atoms with Crippen molar-refractivity contribution in [1.82, 2.24) is 0 Å². The first kappa shape index (κ1) is 41.6. The van der Waals surface area contributed by atoms with Crippen LogP contribution < -0.4 is 0 Å². The second kappa shape index (κ2) is 33.5. The smallest absolute Gasteiger partial charge is 0.159 e. The highest BCUT2D eigenvalue weighted by molar-refractivity contribution is 5.03. The minimum absolute atomic E-state index is 0.116. The van der Waals surface area contributed by atoms with Gasteiger partial charge in [0, 0.05) is 12.8 Å². The molecule has 0 aromatic heterocycles. The fraction of sp³-hybridized carbons (Fsp3) is 0.889. The van der Waals surface area contributed by atoms with E-state index >= 15 is 0 Å². The summed E-state index contributed by atoms with van der Waals surface area (Å²) in [5, 5.41) is 0. The summed E-state index contributed by atoms with van der Waals surface area (Å²) in [7, 11) is 0. The van der Waals surface area contributed by atoms with Gasteiger partial charge in [0.25, 0.3) is 0 Å². The van der Waals surface area contributed by atoms with Gasteiger partial charge in [-0.15, -0.1) is 0 Å². The van der Waals surface area contributed by atoms with Crippen molar-refractivity contribution in [2.24, 2.45) is 0 Å². The molecule has 0 unspecified atom stereocenters. The summed E-state index contributed by atoms with van der Waals surface area (Å²) >= 11 is 0. The van der Waals surface area contributed by atoms with E-state index in [2.05, 4.69) is 41.5 Å². The topological polar surface area (TPSA) is 64.6 Å². The molecule has 0 aromatic rings. The minimum atomic E-state index is 0.116. The van der Waals surface area contributed by atoms with Crippen LogP contribution >= 0.6 is 0 Å². The summed E-state index contributed by atoms with van der Waals surface area (Å²) in [5.41, 5.74) is 0. The maximum Gasteiger partial charge on any atom is 0.159 e. The molecule has 0 rings (SSSR count). The van der Waals surface area contributed by atoms with Crippen molar-refractivity contribution < 1.29 is 33.2 Å². The Morgan fingerprint density at radius 1 is 0.326 bits per heavy atom. The third kappa shape index (κ3) is 25.6. The maximum atomic E-state index is 6.19. The molecule has 0 saturated carbocycles. The Morgan fingerprint density at radius 2 is 0.651 bits per heavy atom. The molecular weight excluding hydrogens is 544 g/mol. The first-order valence-electron chi connectivity index (χ1n) is 17.9. The van der Waals surface area contributed by atoms with Crippen LogP contribution in [0, 0.1) is 0 Å². The van der Waals surface area contributed by atoms with E-state index in [4.69, 9.17) is 33.2 Å². The van der Waals surface area contributed by atoms with Crippen LogP contribution in [-0.2, 0) is 33.2 Å². The van der Waals surface area contributed by atoms with Crippen molar-refractivity contribution >= 4 is 0 Å². The Hall–Kier alpha value is -1.44. The van der Waals surface area contributed by atoms with Crippen LogP contribution in [-0.4, -0.2) is 53.2 Å². The van der Waals surface area contributed by atoms with Gasteiger partial charge in [0.1, 0.15) is 38.3 Å². The number of unbranched alkanes of at least 4 members (excludes halogenated alkanes) is 10.